The summed E-state index contributed by atoms with van der Waals surface area (Å²) in [4.78, 5) is 45.0. The number of benzene rings is 2. The number of ether oxygens (including phenoxy) is 3. The fourth-order valence-corrected chi connectivity index (χ4v) is 5.28. The van der Waals surface area contributed by atoms with E-state index >= 15 is 0 Å². The molecule has 10 heteroatoms. The fraction of sp³-hybridized carbons (Fsp3) is 0.259. The molecule has 1 amide bonds. The zero-order chi connectivity index (χ0) is 26.9. The monoisotopic (exact) mass is 522 g/mol. The van der Waals surface area contributed by atoms with Crippen LogP contribution in [0, 0.1) is 13.8 Å². The van der Waals surface area contributed by atoms with Crippen LogP contribution < -0.4 is 14.4 Å². The number of esters is 1. The Balaban J connectivity index is 1.97. The molecule has 0 radical (unpaired) electrons. The fourth-order valence-electron chi connectivity index (χ4n) is 4.27. The van der Waals surface area contributed by atoms with Gasteiger partial charge in [0.25, 0.3) is 5.78 Å². The minimum atomic E-state index is -1.05. The number of carbonyl (C=O) groups excluding carboxylic acids is 3. The largest absolute Gasteiger partial charge is 0.507 e. The van der Waals surface area contributed by atoms with Crippen molar-refractivity contribution in [1.29, 1.82) is 0 Å². The van der Waals surface area contributed by atoms with Crippen LogP contribution in [0.1, 0.15) is 45.0 Å². The number of aryl methyl sites for hydroxylation is 2. The van der Waals surface area contributed by atoms with Gasteiger partial charge in [-0.15, -0.1) is 0 Å². The molecule has 37 heavy (non-hydrogen) atoms. The summed E-state index contributed by atoms with van der Waals surface area (Å²) < 4.78 is 15.9. The predicted octanol–water partition coefficient (Wildman–Crippen LogP) is 4.58. The van der Waals surface area contributed by atoms with E-state index in [2.05, 4.69) is 4.98 Å². The second-order valence-corrected chi connectivity index (χ2v) is 9.20. The highest BCUT2D eigenvalue weighted by Crippen LogP contribution is 2.46. The smallest absolute Gasteiger partial charge is 0.350 e. The molecule has 0 saturated carbocycles. The van der Waals surface area contributed by atoms with Crippen molar-refractivity contribution in [3.05, 3.63) is 75.3 Å². The van der Waals surface area contributed by atoms with Crippen LogP contribution in [0.25, 0.3) is 5.76 Å². The molecule has 9 nitrogen and oxygen atoms in total. The molecule has 192 valence electrons. The van der Waals surface area contributed by atoms with Crippen molar-refractivity contribution >= 4 is 39.9 Å². The molecule has 1 unspecified atom stereocenters. The van der Waals surface area contributed by atoms with Crippen molar-refractivity contribution in [2.24, 2.45) is 0 Å². The van der Waals surface area contributed by atoms with Crippen LogP contribution in [0.15, 0.2) is 48.0 Å². The lowest BCUT2D eigenvalue weighted by Gasteiger charge is -2.24. The number of para-hydroxylation sites is 1. The molecule has 2 aromatic carbocycles. The second-order valence-electron chi connectivity index (χ2n) is 8.23. The molecule has 1 atom stereocenters. The standard InChI is InChI=1S/C27H26N2O7S/c1-6-36-19-10-8-7-9-17(19)21-20(22(30)16-11-12-18(34-4)14(2)13-16)23(31)25(32)29(21)27-28-15(3)24(37-27)26(33)35-5/h7-13,21,30H,6H2,1-5H3/b22-20+. The Morgan fingerprint density at radius 2 is 1.84 bits per heavy atom. The van der Waals surface area contributed by atoms with E-state index in [1.54, 1.807) is 49.4 Å². The lowest BCUT2D eigenvalue weighted by molar-refractivity contribution is -0.132. The van der Waals surface area contributed by atoms with Gasteiger partial charge in [0.15, 0.2) is 5.13 Å². The van der Waals surface area contributed by atoms with Crippen molar-refractivity contribution < 1.29 is 33.7 Å². The third-order valence-corrected chi connectivity index (χ3v) is 7.13. The lowest BCUT2D eigenvalue weighted by atomic mass is 9.94. The van der Waals surface area contributed by atoms with E-state index in [1.807, 2.05) is 13.8 Å². The molecule has 0 bridgehead atoms. The van der Waals surface area contributed by atoms with Gasteiger partial charge in [0.1, 0.15) is 28.2 Å². The molecule has 1 aliphatic rings. The number of amides is 1. The van der Waals surface area contributed by atoms with E-state index in [9.17, 15) is 19.5 Å². The number of aromatic nitrogens is 1. The third-order valence-electron chi connectivity index (χ3n) is 5.99. The van der Waals surface area contributed by atoms with Crippen LogP contribution in [-0.4, -0.2) is 48.6 Å². The first-order chi connectivity index (χ1) is 17.7. The predicted molar refractivity (Wildman–Crippen MR) is 138 cm³/mol. The Bertz CT molecular complexity index is 1430. The number of aliphatic hydroxyl groups is 1. The first-order valence-corrected chi connectivity index (χ1v) is 12.3. The first-order valence-electron chi connectivity index (χ1n) is 11.5. The summed E-state index contributed by atoms with van der Waals surface area (Å²) in [5.41, 5.74) is 1.82. The van der Waals surface area contributed by atoms with E-state index in [-0.39, 0.29) is 21.3 Å². The van der Waals surface area contributed by atoms with Crippen LogP contribution in [-0.2, 0) is 14.3 Å². The molecule has 2 heterocycles. The van der Waals surface area contributed by atoms with Gasteiger partial charge in [0.05, 0.1) is 32.1 Å². The van der Waals surface area contributed by atoms with E-state index in [4.69, 9.17) is 14.2 Å². The van der Waals surface area contributed by atoms with Gasteiger partial charge in [-0.3, -0.25) is 14.5 Å². The van der Waals surface area contributed by atoms with Gasteiger partial charge in [0, 0.05) is 11.1 Å². The Hall–Kier alpha value is -4.18. The van der Waals surface area contributed by atoms with E-state index < -0.39 is 23.7 Å². The lowest BCUT2D eigenvalue weighted by Crippen LogP contribution is -2.29. The van der Waals surface area contributed by atoms with Crippen molar-refractivity contribution in [3.8, 4) is 11.5 Å². The maximum atomic E-state index is 13.5. The van der Waals surface area contributed by atoms with Crippen molar-refractivity contribution in [1.82, 2.24) is 4.98 Å². The van der Waals surface area contributed by atoms with Gasteiger partial charge in [-0.25, -0.2) is 9.78 Å². The number of ketones is 1. The zero-order valence-corrected chi connectivity index (χ0v) is 21.8. The van der Waals surface area contributed by atoms with Gasteiger partial charge >= 0.3 is 11.9 Å². The molecule has 1 fully saturated rings. The number of carbonyl (C=O) groups is 3. The molecule has 1 aliphatic heterocycles. The molecule has 1 N–H and O–H groups in total. The van der Waals surface area contributed by atoms with E-state index in [0.717, 1.165) is 16.9 Å². The molecule has 4 rings (SSSR count). The van der Waals surface area contributed by atoms with Crippen molar-refractivity contribution in [2.45, 2.75) is 26.8 Å². The number of aliphatic hydroxyl groups excluding tert-OH is 1. The summed E-state index contributed by atoms with van der Waals surface area (Å²) in [5.74, 6) is -1.64. The van der Waals surface area contributed by atoms with Gasteiger partial charge in [0.2, 0.25) is 0 Å². The third kappa shape index (κ3) is 4.55. The minimum absolute atomic E-state index is 0.116. The molecule has 0 aliphatic carbocycles. The van der Waals surface area contributed by atoms with Crippen molar-refractivity contribution in [3.63, 3.8) is 0 Å². The highest BCUT2D eigenvalue weighted by atomic mass is 32.1. The number of rotatable bonds is 7. The maximum Gasteiger partial charge on any atom is 0.350 e. The maximum absolute atomic E-state index is 13.5. The number of hydrogen-bond donors (Lipinski definition) is 1. The van der Waals surface area contributed by atoms with Crippen LogP contribution in [0.2, 0.25) is 0 Å². The van der Waals surface area contributed by atoms with Gasteiger partial charge < -0.3 is 19.3 Å². The summed E-state index contributed by atoms with van der Waals surface area (Å²) >= 11 is 0.935. The normalized spacial score (nSPS) is 16.7. The topological polar surface area (TPSA) is 115 Å². The highest BCUT2D eigenvalue weighted by molar-refractivity contribution is 7.17. The second kappa shape index (κ2) is 10.4. The average Bonchev–Trinajstić information content (AvgIpc) is 3.40. The minimum Gasteiger partial charge on any atom is -0.507 e. The zero-order valence-electron chi connectivity index (χ0n) is 21.0. The Morgan fingerprint density at radius 3 is 2.49 bits per heavy atom. The van der Waals surface area contributed by atoms with Gasteiger partial charge in [-0.1, -0.05) is 29.5 Å². The average molecular weight is 523 g/mol. The summed E-state index contributed by atoms with van der Waals surface area (Å²) in [6.45, 7) is 5.59. The summed E-state index contributed by atoms with van der Waals surface area (Å²) in [7, 11) is 2.79. The van der Waals surface area contributed by atoms with Crippen LogP contribution in [0.4, 0.5) is 5.13 Å². The van der Waals surface area contributed by atoms with Crippen LogP contribution in [0.3, 0.4) is 0 Å². The molecule has 1 aromatic heterocycles. The number of anilines is 1. The highest BCUT2D eigenvalue weighted by Gasteiger charge is 2.49. The van der Waals surface area contributed by atoms with Gasteiger partial charge in [-0.2, -0.15) is 0 Å². The number of methoxy groups -OCH3 is 2. The Morgan fingerprint density at radius 1 is 1.11 bits per heavy atom. The SMILES string of the molecule is CCOc1ccccc1C1/C(=C(\O)c2ccc(OC)c(C)c2)C(=O)C(=O)N1c1nc(C)c(C(=O)OC)s1. The van der Waals surface area contributed by atoms with Crippen molar-refractivity contribution in [2.75, 3.05) is 25.7 Å². The Kier molecular flexibility index (Phi) is 7.30. The number of hydrogen-bond acceptors (Lipinski definition) is 9. The summed E-state index contributed by atoms with van der Waals surface area (Å²) in [5, 5.41) is 11.5. The molecular formula is C27H26N2O7S. The summed E-state index contributed by atoms with van der Waals surface area (Å²) in [6.07, 6.45) is 0. The quantitative estimate of drug-likeness (QED) is 0.208. The van der Waals surface area contributed by atoms with Gasteiger partial charge in [-0.05, 0) is 50.6 Å². The number of nitrogens with zero attached hydrogens (tertiary/aromatic N) is 2. The van der Waals surface area contributed by atoms with E-state index in [1.165, 1.54) is 19.1 Å². The molecular weight excluding hydrogens is 496 g/mol. The first kappa shape index (κ1) is 25.9. The van der Waals surface area contributed by atoms with Crippen LogP contribution in [0.5, 0.6) is 11.5 Å². The summed E-state index contributed by atoms with van der Waals surface area (Å²) in [6, 6.07) is 10.9. The molecule has 3 aromatic rings. The number of Topliss-reactive ketones (excluding diaryl/α,β-unsaturated/α-hetero) is 1. The molecule has 1 saturated heterocycles. The Labute approximate surface area is 217 Å². The van der Waals surface area contributed by atoms with E-state index in [0.29, 0.717) is 34.9 Å². The number of thiazole rings is 1. The molecule has 0 spiro atoms. The van der Waals surface area contributed by atoms with Crippen LogP contribution >= 0.6 is 11.3 Å².